The van der Waals surface area contributed by atoms with Gasteiger partial charge in [-0.1, -0.05) is 12.8 Å². The highest BCUT2D eigenvalue weighted by Gasteiger charge is 2.19. The molecular formula is C14H18N4O2. The van der Waals surface area contributed by atoms with Gasteiger partial charge in [-0.15, -0.1) is 0 Å². The first-order chi connectivity index (χ1) is 9.52. The Hall–Kier alpha value is -2.16. The van der Waals surface area contributed by atoms with E-state index in [1.54, 1.807) is 13.8 Å². The summed E-state index contributed by atoms with van der Waals surface area (Å²) in [7, 11) is 0. The molecule has 0 atom stereocenters. The molecule has 1 fully saturated rings. The molecule has 2 rings (SSSR count). The lowest BCUT2D eigenvalue weighted by molar-refractivity contribution is -0.122. The van der Waals surface area contributed by atoms with Crippen LogP contribution < -0.4 is 10.9 Å². The summed E-state index contributed by atoms with van der Waals surface area (Å²) in [5.41, 5.74) is 0.725. The van der Waals surface area contributed by atoms with Gasteiger partial charge >= 0.3 is 0 Å². The number of carbonyl (C=O) groups excluding carboxylic acids is 1. The van der Waals surface area contributed by atoms with Gasteiger partial charge in [0.15, 0.2) is 0 Å². The zero-order valence-corrected chi connectivity index (χ0v) is 11.8. The van der Waals surface area contributed by atoms with Gasteiger partial charge in [0.2, 0.25) is 5.91 Å². The average molecular weight is 274 g/mol. The fourth-order valence-electron chi connectivity index (χ4n) is 2.49. The van der Waals surface area contributed by atoms with Crippen molar-refractivity contribution in [2.75, 3.05) is 0 Å². The van der Waals surface area contributed by atoms with Crippen LogP contribution in [0.4, 0.5) is 0 Å². The Balaban J connectivity index is 2.17. The Bertz CT molecular complexity index is 621. The molecule has 106 valence electrons. The minimum Gasteiger partial charge on any atom is -0.352 e. The van der Waals surface area contributed by atoms with Gasteiger partial charge in [-0.05, 0) is 32.3 Å². The highest BCUT2D eigenvalue weighted by Crippen LogP contribution is 2.17. The van der Waals surface area contributed by atoms with Gasteiger partial charge in [-0.25, -0.2) is 4.68 Å². The number of aromatic nitrogens is 2. The van der Waals surface area contributed by atoms with Gasteiger partial charge in [-0.3, -0.25) is 9.59 Å². The molecule has 0 saturated heterocycles. The summed E-state index contributed by atoms with van der Waals surface area (Å²) in [6, 6.07) is 2.09. The number of hydrogen-bond acceptors (Lipinski definition) is 4. The smallest absolute Gasteiger partial charge is 0.285 e. The first-order valence-corrected chi connectivity index (χ1v) is 6.80. The minimum atomic E-state index is -0.503. The zero-order chi connectivity index (χ0) is 14.7. The molecule has 0 unspecified atom stereocenters. The van der Waals surface area contributed by atoms with Crippen LogP contribution in [-0.4, -0.2) is 21.7 Å². The topological polar surface area (TPSA) is 87.8 Å². The van der Waals surface area contributed by atoms with E-state index in [9.17, 15) is 9.59 Å². The number of nitrogens with zero attached hydrogens (tertiary/aromatic N) is 3. The summed E-state index contributed by atoms with van der Waals surface area (Å²) in [5, 5.41) is 16.0. The Labute approximate surface area is 117 Å². The quantitative estimate of drug-likeness (QED) is 0.882. The molecule has 1 N–H and O–H groups in total. The molecule has 1 aromatic rings. The van der Waals surface area contributed by atoms with Crippen molar-refractivity contribution in [3.63, 3.8) is 0 Å². The molecule has 1 saturated carbocycles. The SMILES string of the molecule is Cc1nn(CC(=O)NC2CCCC2)c(=O)c(C#N)c1C. The van der Waals surface area contributed by atoms with Crippen LogP contribution in [0.2, 0.25) is 0 Å². The van der Waals surface area contributed by atoms with E-state index in [1.165, 1.54) is 0 Å². The number of hydrogen-bond donors (Lipinski definition) is 1. The van der Waals surface area contributed by atoms with Crippen molar-refractivity contribution in [1.29, 1.82) is 5.26 Å². The molecule has 0 radical (unpaired) electrons. The molecule has 20 heavy (non-hydrogen) atoms. The van der Waals surface area contributed by atoms with Crippen molar-refractivity contribution < 1.29 is 4.79 Å². The van der Waals surface area contributed by atoms with Crippen molar-refractivity contribution >= 4 is 5.91 Å². The van der Waals surface area contributed by atoms with Gasteiger partial charge in [0.05, 0.1) is 5.69 Å². The maximum atomic E-state index is 12.0. The number of carbonyl (C=O) groups is 1. The maximum absolute atomic E-state index is 12.0. The van der Waals surface area contributed by atoms with Crippen LogP contribution in [0, 0.1) is 25.2 Å². The molecule has 1 aliphatic rings. The molecule has 1 heterocycles. The molecule has 0 bridgehead atoms. The highest BCUT2D eigenvalue weighted by atomic mass is 16.2. The van der Waals surface area contributed by atoms with Crippen LogP contribution in [-0.2, 0) is 11.3 Å². The van der Waals surface area contributed by atoms with Gasteiger partial charge < -0.3 is 5.32 Å². The molecule has 0 aromatic carbocycles. The second-order valence-corrected chi connectivity index (χ2v) is 5.21. The van der Waals surface area contributed by atoms with E-state index in [4.69, 9.17) is 5.26 Å². The zero-order valence-electron chi connectivity index (χ0n) is 11.8. The number of amides is 1. The van der Waals surface area contributed by atoms with Crippen molar-refractivity contribution in [1.82, 2.24) is 15.1 Å². The van der Waals surface area contributed by atoms with Gasteiger partial charge in [0.25, 0.3) is 5.56 Å². The van der Waals surface area contributed by atoms with E-state index in [0.717, 1.165) is 30.4 Å². The second kappa shape index (κ2) is 5.87. The molecule has 0 spiro atoms. The Morgan fingerprint density at radius 1 is 1.45 bits per heavy atom. The Kier molecular flexibility index (Phi) is 4.18. The van der Waals surface area contributed by atoms with Crippen molar-refractivity contribution in [3.05, 3.63) is 27.2 Å². The third-order valence-corrected chi connectivity index (χ3v) is 3.76. The molecule has 1 amide bonds. The van der Waals surface area contributed by atoms with E-state index in [-0.39, 0.29) is 24.1 Å². The summed E-state index contributed by atoms with van der Waals surface area (Å²) < 4.78 is 1.07. The molecule has 1 aliphatic carbocycles. The standard InChI is InChI=1S/C14H18N4O2/c1-9-10(2)17-18(14(20)12(9)7-15)8-13(19)16-11-5-3-4-6-11/h11H,3-6,8H2,1-2H3,(H,16,19). The van der Waals surface area contributed by atoms with Gasteiger partial charge in [0, 0.05) is 6.04 Å². The van der Waals surface area contributed by atoms with Gasteiger partial charge in [-0.2, -0.15) is 10.4 Å². The number of nitriles is 1. The van der Waals surface area contributed by atoms with E-state index in [2.05, 4.69) is 10.4 Å². The van der Waals surface area contributed by atoms with Crippen molar-refractivity contribution in [2.24, 2.45) is 0 Å². The largest absolute Gasteiger partial charge is 0.352 e. The summed E-state index contributed by atoms with van der Waals surface area (Å²) in [4.78, 5) is 24.0. The summed E-state index contributed by atoms with van der Waals surface area (Å²) in [5.74, 6) is -0.223. The molecule has 6 nitrogen and oxygen atoms in total. The van der Waals surface area contributed by atoms with Crippen LogP contribution >= 0.6 is 0 Å². The molecule has 6 heteroatoms. The van der Waals surface area contributed by atoms with E-state index >= 15 is 0 Å². The molecule has 0 aliphatic heterocycles. The average Bonchev–Trinajstić information content (AvgIpc) is 2.89. The molecular weight excluding hydrogens is 256 g/mol. The lowest BCUT2D eigenvalue weighted by Crippen LogP contribution is -2.39. The first-order valence-electron chi connectivity index (χ1n) is 6.80. The van der Waals surface area contributed by atoms with Crippen LogP contribution in [0.1, 0.15) is 42.5 Å². The van der Waals surface area contributed by atoms with E-state index in [1.807, 2.05) is 6.07 Å². The van der Waals surface area contributed by atoms with Crippen LogP contribution in [0.15, 0.2) is 4.79 Å². The monoisotopic (exact) mass is 274 g/mol. The van der Waals surface area contributed by atoms with Crippen molar-refractivity contribution in [2.45, 2.75) is 52.1 Å². The first kappa shape index (κ1) is 14.3. The number of aryl methyl sites for hydroxylation is 1. The highest BCUT2D eigenvalue weighted by molar-refractivity contribution is 5.76. The third-order valence-electron chi connectivity index (χ3n) is 3.76. The lowest BCUT2D eigenvalue weighted by Gasteiger charge is -2.13. The number of rotatable bonds is 3. The molecule has 1 aromatic heterocycles. The van der Waals surface area contributed by atoms with E-state index < -0.39 is 5.56 Å². The van der Waals surface area contributed by atoms with Crippen LogP contribution in [0.3, 0.4) is 0 Å². The van der Waals surface area contributed by atoms with Crippen molar-refractivity contribution in [3.8, 4) is 6.07 Å². The Morgan fingerprint density at radius 2 is 2.10 bits per heavy atom. The Morgan fingerprint density at radius 3 is 2.70 bits per heavy atom. The predicted octanol–water partition coefficient (Wildman–Crippen LogP) is 0.791. The summed E-state index contributed by atoms with van der Waals surface area (Å²) in [6.07, 6.45) is 4.24. The summed E-state index contributed by atoms with van der Waals surface area (Å²) >= 11 is 0. The second-order valence-electron chi connectivity index (χ2n) is 5.21. The minimum absolute atomic E-state index is 0.0613. The van der Waals surface area contributed by atoms with Crippen LogP contribution in [0.5, 0.6) is 0 Å². The van der Waals surface area contributed by atoms with Gasteiger partial charge in [0.1, 0.15) is 18.2 Å². The lowest BCUT2D eigenvalue weighted by atomic mass is 10.1. The van der Waals surface area contributed by atoms with Crippen LogP contribution in [0.25, 0.3) is 0 Å². The third kappa shape index (κ3) is 2.87. The number of nitrogens with one attached hydrogen (secondary N) is 1. The fraction of sp³-hybridized carbons (Fsp3) is 0.571. The predicted molar refractivity (Wildman–Crippen MR) is 73.1 cm³/mol. The fourth-order valence-corrected chi connectivity index (χ4v) is 2.49. The maximum Gasteiger partial charge on any atom is 0.285 e. The summed E-state index contributed by atoms with van der Waals surface area (Å²) in [6.45, 7) is 3.28. The normalized spacial score (nSPS) is 15.1. The van der Waals surface area contributed by atoms with E-state index in [0.29, 0.717) is 11.3 Å².